The van der Waals surface area contributed by atoms with Gasteiger partial charge in [-0.3, -0.25) is 4.79 Å². The van der Waals surface area contributed by atoms with E-state index in [2.05, 4.69) is 31.7 Å². The van der Waals surface area contributed by atoms with Gasteiger partial charge >= 0.3 is 5.97 Å². The largest absolute Gasteiger partial charge is 0.461 e. The van der Waals surface area contributed by atoms with E-state index in [1.54, 1.807) is 6.08 Å². The van der Waals surface area contributed by atoms with Crippen molar-refractivity contribution < 1.29 is 14.6 Å². The molecule has 3 rings (SSSR count). The van der Waals surface area contributed by atoms with E-state index < -0.39 is 11.0 Å². The number of aliphatic hydroxyl groups excluding tert-OH is 1. The Bertz CT molecular complexity index is 761. The topological polar surface area (TPSA) is 72.5 Å². The third kappa shape index (κ3) is 4.81. The van der Waals surface area contributed by atoms with E-state index in [-0.39, 0.29) is 18.7 Å². The second-order valence-corrected chi connectivity index (χ2v) is 9.58. The summed E-state index contributed by atoms with van der Waals surface area (Å²) in [5, 5.41) is 9.55. The third-order valence-corrected chi connectivity index (χ3v) is 7.52. The zero-order valence-electron chi connectivity index (χ0n) is 18.8. The van der Waals surface area contributed by atoms with E-state index in [4.69, 9.17) is 10.5 Å². The summed E-state index contributed by atoms with van der Waals surface area (Å²) in [6.07, 6.45) is 10.7. The molecule has 30 heavy (non-hydrogen) atoms. The Morgan fingerprint density at radius 1 is 1.37 bits per heavy atom. The number of hydrogen-bond acceptors (Lipinski definition) is 4. The highest BCUT2D eigenvalue weighted by Crippen LogP contribution is 2.40. The highest BCUT2D eigenvalue weighted by atomic mass is 16.5. The van der Waals surface area contributed by atoms with Crippen LogP contribution in [0.1, 0.15) is 87.8 Å². The highest BCUT2D eigenvalue weighted by Gasteiger charge is 2.38. The Morgan fingerprint density at radius 2 is 2.17 bits per heavy atom. The number of nitrogens with two attached hydrogens (primary N) is 1. The van der Waals surface area contributed by atoms with Gasteiger partial charge in [0.15, 0.2) is 0 Å². The van der Waals surface area contributed by atoms with Crippen LogP contribution in [0.15, 0.2) is 30.9 Å². The molecule has 1 fully saturated rings. The number of rotatable bonds is 9. The van der Waals surface area contributed by atoms with Gasteiger partial charge in [-0.15, -0.1) is 6.58 Å². The van der Waals surface area contributed by atoms with Gasteiger partial charge < -0.3 is 15.6 Å². The molecule has 2 unspecified atom stereocenters. The van der Waals surface area contributed by atoms with Crippen LogP contribution in [0.5, 0.6) is 0 Å². The first-order valence-corrected chi connectivity index (χ1v) is 11.7. The third-order valence-electron chi connectivity index (χ3n) is 7.52. The standard InChI is InChI=1S/C26H39NO3/c1-4-7-13-25(5-2,6-3)24(29)30-23-11-10-19-15-20(8-9-21(19)16-23)22-12-14-26(27,17-22)18-28/h5,8-9,15,22-23,28H,2,4,6-7,10-14,16-18,27H2,1,3H3/t22-,23?,25?,26-/m0/s1. The Kier molecular flexibility index (Phi) is 7.41. The van der Waals surface area contributed by atoms with Gasteiger partial charge in [0, 0.05) is 12.0 Å². The molecular weight excluding hydrogens is 374 g/mol. The molecule has 0 saturated heterocycles. The number of aliphatic hydroxyl groups is 1. The molecule has 166 valence electrons. The van der Waals surface area contributed by atoms with Gasteiger partial charge in [0.1, 0.15) is 6.10 Å². The van der Waals surface area contributed by atoms with E-state index in [0.717, 1.165) is 64.2 Å². The number of unbranched alkanes of at least 4 members (excludes halogenated alkanes) is 1. The summed E-state index contributed by atoms with van der Waals surface area (Å²) in [7, 11) is 0. The van der Waals surface area contributed by atoms with Gasteiger partial charge in [0.05, 0.1) is 12.0 Å². The molecule has 2 aliphatic rings. The predicted molar refractivity (Wildman–Crippen MR) is 121 cm³/mol. The summed E-state index contributed by atoms with van der Waals surface area (Å²) in [5.74, 6) is 0.326. The van der Waals surface area contributed by atoms with Crippen molar-refractivity contribution in [2.75, 3.05) is 6.61 Å². The van der Waals surface area contributed by atoms with Crippen molar-refractivity contribution in [1.82, 2.24) is 0 Å². The lowest BCUT2D eigenvalue weighted by Gasteiger charge is -2.32. The minimum Gasteiger partial charge on any atom is -0.461 e. The van der Waals surface area contributed by atoms with Gasteiger partial charge in [-0.2, -0.15) is 0 Å². The number of fused-ring (bicyclic) bond motifs is 1. The van der Waals surface area contributed by atoms with Crippen molar-refractivity contribution in [3.8, 4) is 0 Å². The SMILES string of the molecule is C=CC(CC)(CCCC)C(=O)OC1CCc2cc([C@H]3CC[C@@](N)(CO)C3)ccc2C1. The maximum absolute atomic E-state index is 13.0. The average molecular weight is 414 g/mol. The first kappa shape index (κ1) is 23.0. The summed E-state index contributed by atoms with van der Waals surface area (Å²) in [6.45, 7) is 8.20. The first-order chi connectivity index (χ1) is 14.4. The number of aryl methyl sites for hydroxylation is 1. The van der Waals surface area contributed by atoms with Crippen molar-refractivity contribution in [2.24, 2.45) is 11.1 Å². The fraction of sp³-hybridized carbons (Fsp3) is 0.654. The first-order valence-electron chi connectivity index (χ1n) is 11.7. The van der Waals surface area contributed by atoms with Crippen molar-refractivity contribution >= 4 is 5.97 Å². The minimum atomic E-state index is -0.552. The van der Waals surface area contributed by atoms with Crippen molar-refractivity contribution in [1.29, 1.82) is 0 Å². The van der Waals surface area contributed by atoms with Crippen LogP contribution >= 0.6 is 0 Å². The Labute approximate surface area is 181 Å². The van der Waals surface area contributed by atoms with Crippen LogP contribution in [-0.4, -0.2) is 29.3 Å². The van der Waals surface area contributed by atoms with Crippen LogP contribution in [0.4, 0.5) is 0 Å². The van der Waals surface area contributed by atoms with E-state index in [9.17, 15) is 9.90 Å². The van der Waals surface area contributed by atoms with Crippen molar-refractivity contribution in [2.45, 2.75) is 95.6 Å². The number of carbonyl (C=O) groups excluding carboxylic acids is 1. The fourth-order valence-electron chi connectivity index (χ4n) is 5.19. The zero-order chi connectivity index (χ0) is 21.8. The lowest BCUT2D eigenvalue weighted by molar-refractivity contribution is -0.159. The minimum absolute atomic E-state index is 0.0547. The molecule has 3 N–H and O–H groups in total. The molecule has 0 amide bonds. The van der Waals surface area contributed by atoms with Gasteiger partial charge in [0.2, 0.25) is 0 Å². The Hall–Kier alpha value is -1.65. The fourth-order valence-corrected chi connectivity index (χ4v) is 5.19. The van der Waals surface area contributed by atoms with E-state index in [1.165, 1.54) is 16.7 Å². The number of carbonyl (C=O) groups is 1. The molecule has 0 aliphatic heterocycles. The van der Waals surface area contributed by atoms with Crippen LogP contribution in [0, 0.1) is 5.41 Å². The average Bonchev–Trinajstić information content (AvgIpc) is 3.17. The molecule has 0 heterocycles. The molecule has 1 aromatic carbocycles. The molecule has 0 radical (unpaired) electrons. The molecule has 1 aromatic rings. The number of benzene rings is 1. The quantitative estimate of drug-likeness (QED) is 0.450. The Balaban J connectivity index is 1.65. The van der Waals surface area contributed by atoms with Crippen LogP contribution in [0.25, 0.3) is 0 Å². The monoisotopic (exact) mass is 413 g/mol. The van der Waals surface area contributed by atoms with E-state index in [1.807, 2.05) is 6.92 Å². The molecule has 4 atom stereocenters. The molecular formula is C26H39NO3. The maximum atomic E-state index is 13.0. The summed E-state index contributed by atoms with van der Waals surface area (Å²) in [5.41, 5.74) is 9.29. The smallest absolute Gasteiger partial charge is 0.316 e. The van der Waals surface area contributed by atoms with E-state index in [0.29, 0.717) is 5.92 Å². The molecule has 1 saturated carbocycles. The second kappa shape index (κ2) is 9.65. The summed E-state index contributed by atoms with van der Waals surface area (Å²) >= 11 is 0. The molecule has 0 bridgehead atoms. The van der Waals surface area contributed by atoms with Crippen LogP contribution < -0.4 is 5.73 Å². The van der Waals surface area contributed by atoms with Crippen LogP contribution in [0.2, 0.25) is 0 Å². The van der Waals surface area contributed by atoms with Gasteiger partial charge in [-0.25, -0.2) is 0 Å². The van der Waals surface area contributed by atoms with Crippen LogP contribution in [-0.2, 0) is 22.4 Å². The summed E-state index contributed by atoms with van der Waals surface area (Å²) < 4.78 is 6.01. The molecule has 0 spiro atoms. The summed E-state index contributed by atoms with van der Waals surface area (Å²) in [4.78, 5) is 13.0. The highest BCUT2D eigenvalue weighted by molar-refractivity contribution is 5.79. The number of esters is 1. The second-order valence-electron chi connectivity index (χ2n) is 9.58. The molecule has 2 aliphatic carbocycles. The van der Waals surface area contributed by atoms with Crippen molar-refractivity contribution in [3.63, 3.8) is 0 Å². The lowest BCUT2D eigenvalue weighted by atomic mass is 9.80. The van der Waals surface area contributed by atoms with Crippen molar-refractivity contribution in [3.05, 3.63) is 47.5 Å². The van der Waals surface area contributed by atoms with Gasteiger partial charge in [-0.05, 0) is 67.6 Å². The van der Waals surface area contributed by atoms with Gasteiger partial charge in [0.25, 0.3) is 0 Å². The predicted octanol–water partition coefficient (Wildman–Crippen LogP) is 4.82. The maximum Gasteiger partial charge on any atom is 0.316 e. The number of hydrogen-bond donors (Lipinski definition) is 2. The van der Waals surface area contributed by atoms with E-state index >= 15 is 0 Å². The molecule has 0 aromatic heterocycles. The van der Waals surface area contributed by atoms with Crippen LogP contribution in [0.3, 0.4) is 0 Å². The normalized spacial score (nSPS) is 27.9. The summed E-state index contributed by atoms with van der Waals surface area (Å²) in [6, 6.07) is 6.73. The lowest BCUT2D eigenvalue weighted by Crippen LogP contribution is -2.40. The number of ether oxygens (including phenoxy) is 1. The van der Waals surface area contributed by atoms with Gasteiger partial charge in [-0.1, -0.05) is 51.0 Å². The molecule has 4 nitrogen and oxygen atoms in total. The Morgan fingerprint density at radius 3 is 2.80 bits per heavy atom. The zero-order valence-corrected chi connectivity index (χ0v) is 18.8. The molecule has 4 heteroatoms.